The van der Waals surface area contributed by atoms with Crippen LogP contribution >= 0.6 is 0 Å². The summed E-state index contributed by atoms with van der Waals surface area (Å²) in [5.74, 6) is 2.50. The summed E-state index contributed by atoms with van der Waals surface area (Å²) in [5.41, 5.74) is 7.21. The monoisotopic (exact) mass is 303 g/mol. The zero-order valence-corrected chi connectivity index (χ0v) is 14.1. The van der Waals surface area contributed by atoms with E-state index in [-0.39, 0.29) is 0 Å². The van der Waals surface area contributed by atoms with E-state index in [9.17, 15) is 0 Å². The molecule has 1 aliphatic rings. The van der Waals surface area contributed by atoms with Crippen molar-refractivity contribution in [3.05, 3.63) is 23.9 Å². The van der Waals surface area contributed by atoms with Crippen LogP contribution < -0.4 is 10.6 Å². The number of likely N-dealkylation sites (tertiary alicyclic amines) is 1. The van der Waals surface area contributed by atoms with Gasteiger partial charge in [-0.2, -0.15) is 0 Å². The molecular formula is C17H29N5. The molecule has 1 fully saturated rings. The maximum absolute atomic E-state index is 6.11. The van der Waals surface area contributed by atoms with E-state index in [1.54, 1.807) is 0 Å². The van der Waals surface area contributed by atoms with Gasteiger partial charge in [-0.15, -0.1) is 0 Å². The van der Waals surface area contributed by atoms with Gasteiger partial charge in [0.2, 0.25) is 0 Å². The van der Waals surface area contributed by atoms with Gasteiger partial charge in [0.1, 0.15) is 5.82 Å². The third-order valence-electron chi connectivity index (χ3n) is 4.43. The number of piperidine rings is 1. The number of rotatable bonds is 5. The van der Waals surface area contributed by atoms with Crippen LogP contribution in [0.5, 0.6) is 0 Å². The Bertz CT molecular complexity index is 470. The minimum Gasteiger partial charge on any atom is -0.370 e. The molecule has 1 saturated heterocycles. The first-order chi connectivity index (χ1) is 10.6. The largest absolute Gasteiger partial charge is 0.370 e. The Morgan fingerprint density at radius 1 is 1.32 bits per heavy atom. The van der Waals surface area contributed by atoms with Crippen molar-refractivity contribution in [3.63, 3.8) is 0 Å². The third-order valence-corrected chi connectivity index (χ3v) is 4.43. The van der Waals surface area contributed by atoms with E-state index < -0.39 is 0 Å². The minimum absolute atomic E-state index is 0.601. The molecule has 0 spiro atoms. The van der Waals surface area contributed by atoms with Crippen LogP contribution in [0.25, 0.3) is 0 Å². The lowest BCUT2D eigenvalue weighted by Gasteiger charge is -2.31. The summed E-state index contributed by atoms with van der Waals surface area (Å²) in [6.45, 7) is 11.2. The number of hydrogen-bond acceptors (Lipinski definition) is 3. The van der Waals surface area contributed by atoms with Crippen molar-refractivity contribution in [2.75, 3.05) is 31.1 Å². The summed E-state index contributed by atoms with van der Waals surface area (Å²) in [6, 6.07) is 4.16. The highest BCUT2D eigenvalue weighted by Gasteiger charge is 2.16. The van der Waals surface area contributed by atoms with Gasteiger partial charge in [-0.25, -0.2) is 9.98 Å². The predicted molar refractivity (Wildman–Crippen MR) is 93.1 cm³/mol. The minimum atomic E-state index is 0.601. The number of aliphatic imine (C=N–C) groups is 1. The molecule has 2 rings (SSSR count). The van der Waals surface area contributed by atoms with Crippen molar-refractivity contribution in [2.45, 2.75) is 40.2 Å². The second kappa shape index (κ2) is 8.01. The Morgan fingerprint density at radius 3 is 2.55 bits per heavy atom. The highest BCUT2D eigenvalue weighted by molar-refractivity contribution is 5.78. The average molecular weight is 303 g/mol. The molecule has 0 unspecified atom stereocenters. The van der Waals surface area contributed by atoms with Crippen LogP contribution in [0.3, 0.4) is 0 Å². The van der Waals surface area contributed by atoms with E-state index in [4.69, 9.17) is 5.73 Å². The highest BCUT2D eigenvalue weighted by Crippen LogP contribution is 2.16. The van der Waals surface area contributed by atoms with Gasteiger partial charge in [0.25, 0.3) is 0 Å². The summed E-state index contributed by atoms with van der Waals surface area (Å²) in [6.07, 6.45) is 4.31. The molecule has 0 radical (unpaired) electrons. The predicted octanol–water partition coefficient (Wildman–Crippen LogP) is 2.47. The second-order valence-electron chi connectivity index (χ2n) is 6.04. The number of hydrogen-bond donors (Lipinski definition) is 1. The first kappa shape index (κ1) is 16.6. The van der Waals surface area contributed by atoms with Crippen LogP contribution in [0.1, 0.15) is 39.2 Å². The van der Waals surface area contributed by atoms with E-state index in [1.807, 2.05) is 6.20 Å². The lowest BCUT2D eigenvalue weighted by molar-refractivity contribution is 0.277. The summed E-state index contributed by atoms with van der Waals surface area (Å²) >= 11 is 0. The van der Waals surface area contributed by atoms with Gasteiger partial charge in [0, 0.05) is 32.4 Å². The molecule has 122 valence electrons. The van der Waals surface area contributed by atoms with Crippen molar-refractivity contribution >= 4 is 11.8 Å². The van der Waals surface area contributed by atoms with Gasteiger partial charge in [0.15, 0.2) is 5.96 Å². The van der Waals surface area contributed by atoms with Gasteiger partial charge in [-0.05, 0) is 44.2 Å². The van der Waals surface area contributed by atoms with Crippen LogP contribution in [-0.4, -0.2) is 42.0 Å². The number of anilines is 1. The Kier molecular flexibility index (Phi) is 6.04. The van der Waals surface area contributed by atoms with Crippen LogP contribution in [-0.2, 0) is 6.54 Å². The van der Waals surface area contributed by atoms with Gasteiger partial charge in [-0.1, -0.05) is 13.0 Å². The summed E-state index contributed by atoms with van der Waals surface area (Å²) < 4.78 is 0. The van der Waals surface area contributed by atoms with Crippen LogP contribution in [0.2, 0.25) is 0 Å². The maximum atomic E-state index is 6.11. The van der Waals surface area contributed by atoms with Crippen molar-refractivity contribution in [1.82, 2.24) is 9.88 Å². The third kappa shape index (κ3) is 4.36. The molecule has 0 saturated carbocycles. The van der Waals surface area contributed by atoms with Crippen LogP contribution in [0.15, 0.2) is 23.3 Å². The zero-order valence-electron chi connectivity index (χ0n) is 14.1. The van der Waals surface area contributed by atoms with Crippen molar-refractivity contribution in [1.29, 1.82) is 0 Å². The van der Waals surface area contributed by atoms with Gasteiger partial charge in [-0.3, -0.25) is 0 Å². The fraction of sp³-hybridized carbons (Fsp3) is 0.647. The molecule has 1 aromatic rings. The Labute approximate surface area is 134 Å². The summed E-state index contributed by atoms with van der Waals surface area (Å²) in [5, 5.41) is 0. The molecule has 0 aromatic carbocycles. The van der Waals surface area contributed by atoms with Crippen molar-refractivity contribution < 1.29 is 0 Å². The molecular weight excluding hydrogens is 274 g/mol. The molecule has 5 nitrogen and oxygen atoms in total. The highest BCUT2D eigenvalue weighted by atomic mass is 15.3. The van der Waals surface area contributed by atoms with Crippen molar-refractivity contribution in [2.24, 2.45) is 16.6 Å². The molecule has 2 N–H and O–H groups in total. The molecule has 0 bridgehead atoms. The van der Waals surface area contributed by atoms with Crippen LogP contribution in [0, 0.1) is 5.92 Å². The van der Waals surface area contributed by atoms with E-state index in [0.717, 1.165) is 43.5 Å². The SMILES string of the molecule is CCN(CC)c1ccc(CN=C(N)N2CCC(C)CC2)cn1. The van der Waals surface area contributed by atoms with E-state index >= 15 is 0 Å². The standard InChI is InChI=1S/C17H29N5/c1-4-21(5-2)16-7-6-15(12-19-16)13-20-17(18)22-10-8-14(3)9-11-22/h6-7,12,14H,4-5,8-11,13H2,1-3H3,(H2,18,20). The number of nitrogens with two attached hydrogens (primary N) is 1. The molecule has 0 atom stereocenters. The maximum Gasteiger partial charge on any atom is 0.191 e. The number of pyridine rings is 1. The number of nitrogens with zero attached hydrogens (tertiary/aromatic N) is 4. The Hall–Kier alpha value is -1.78. The Morgan fingerprint density at radius 2 is 2.00 bits per heavy atom. The van der Waals surface area contributed by atoms with E-state index in [1.165, 1.54) is 12.8 Å². The van der Waals surface area contributed by atoms with Gasteiger partial charge < -0.3 is 15.5 Å². The average Bonchev–Trinajstić information content (AvgIpc) is 2.55. The number of aromatic nitrogens is 1. The molecule has 1 aliphatic heterocycles. The quantitative estimate of drug-likeness (QED) is 0.670. The molecule has 0 amide bonds. The number of guanidine groups is 1. The summed E-state index contributed by atoms with van der Waals surface area (Å²) in [4.78, 5) is 13.5. The fourth-order valence-electron chi connectivity index (χ4n) is 2.75. The molecule has 2 heterocycles. The topological polar surface area (TPSA) is 57.8 Å². The lowest BCUT2D eigenvalue weighted by Crippen LogP contribution is -2.42. The van der Waals surface area contributed by atoms with E-state index in [0.29, 0.717) is 12.5 Å². The summed E-state index contributed by atoms with van der Waals surface area (Å²) in [7, 11) is 0. The smallest absolute Gasteiger partial charge is 0.191 e. The van der Waals surface area contributed by atoms with Gasteiger partial charge in [0.05, 0.1) is 6.54 Å². The lowest BCUT2D eigenvalue weighted by atomic mass is 10.00. The molecule has 5 heteroatoms. The van der Waals surface area contributed by atoms with Crippen molar-refractivity contribution in [3.8, 4) is 0 Å². The normalized spacial score (nSPS) is 16.9. The second-order valence-corrected chi connectivity index (χ2v) is 6.04. The first-order valence-corrected chi connectivity index (χ1v) is 8.38. The molecule has 22 heavy (non-hydrogen) atoms. The van der Waals surface area contributed by atoms with Gasteiger partial charge >= 0.3 is 0 Å². The molecule has 0 aliphatic carbocycles. The fourth-order valence-corrected chi connectivity index (χ4v) is 2.75. The van der Waals surface area contributed by atoms with Crippen LogP contribution in [0.4, 0.5) is 5.82 Å². The Balaban J connectivity index is 1.91. The first-order valence-electron chi connectivity index (χ1n) is 8.38. The van der Waals surface area contributed by atoms with E-state index in [2.05, 4.69) is 52.7 Å². The molecule has 1 aromatic heterocycles. The zero-order chi connectivity index (χ0) is 15.9.